The number of carbonyl (C=O) groups is 1. The van der Waals surface area contributed by atoms with Crippen LogP contribution in [0.5, 0.6) is 0 Å². The molecule has 0 unspecified atom stereocenters. The fourth-order valence-electron chi connectivity index (χ4n) is 4.28. The Balaban J connectivity index is 1.70. The maximum atomic E-state index is 13.6. The summed E-state index contributed by atoms with van der Waals surface area (Å²) in [7, 11) is 3.85. The average Bonchev–Trinajstić information content (AvgIpc) is 2.85. The lowest BCUT2D eigenvalue weighted by Gasteiger charge is -2.30. The zero-order chi connectivity index (χ0) is 22.3. The van der Waals surface area contributed by atoms with Crippen molar-refractivity contribution in [1.82, 2.24) is 19.9 Å². The molecule has 0 bridgehead atoms. The Morgan fingerprint density at radius 3 is 2.38 bits per heavy atom. The van der Waals surface area contributed by atoms with Crippen LogP contribution in [0.2, 0.25) is 0 Å². The zero-order valence-electron chi connectivity index (χ0n) is 18.9. The van der Waals surface area contributed by atoms with Gasteiger partial charge in [-0.15, -0.1) is 0 Å². The molecule has 1 aliphatic rings. The molecule has 1 aliphatic carbocycles. The molecule has 166 valence electrons. The van der Waals surface area contributed by atoms with Gasteiger partial charge in [-0.2, -0.15) is 0 Å². The Bertz CT molecular complexity index is 1020. The Hall–Kier alpha value is -3.28. The predicted octanol–water partition coefficient (Wildman–Crippen LogP) is 4.71. The Labute approximate surface area is 190 Å². The molecule has 0 saturated heterocycles. The van der Waals surface area contributed by atoms with Crippen LogP contribution in [-0.4, -0.2) is 39.9 Å². The number of benzene rings is 1. The summed E-state index contributed by atoms with van der Waals surface area (Å²) in [5, 5.41) is 0. The van der Waals surface area contributed by atoms with Crippen molar-refractivity contribution in [3.63, 3.8) is 0 Å². The monoisotopic (exact) mass is 429 g/mol. The predicted molar refractivity (Wildman–Crippen MR) is 127 cm³/mol. The minimum atomic E-state index is 0.0981. The van der Waals surface area contributed by atoms with Gasteiger partial charge >= 0.3 is 0 Å². The molecule has 0 aliphatic heterocycles. The van der Waals surface area contributed by atoms with Crippen LogP contribution in [0, 0.1) is 5.92 Å². The Morgan fingerprint density at radius 1 is 0.938 bits per heavy atom. The summed E-state index contributed by atoms with van der Waals surface area (Å²) >= 11 is 0. The fraction of sp³-hybridized carbons (Fsp3) is 0.385. The largest absolute Gasteiger partial charge is 0.347 e. The highest BCUT2D eigenvalue weighted by atomic mass is 16.2. The molecule has 1 saturated carbocycles. The average molecular weight is 430 g/mol. The van der Waals surface area contributed by atoms with Crippen LogP contribution in [0.3, 0.4) is 0 Å². The third kappa shape index (κ3) is 5.31. The third-order valence-electron chi connectivity index (χ3n) is 6.02. The van der Waals surface area contributed by atoms with E-state index in [2.05, 4.69) is 22.1 Å². The summed E-state index contributed by atoms with van der Waals surface area (Å²) in [5.74, 6) is 0.955. The van der Waals surface area contributed by atoms with E-state index in [-0.39, 0.29) is 11.8 Å². The van der Waals surface area contributed by atoms with Crippen LogP contribution in [-0.2, 0) is 17.9 Å². The van der Waals surface area contributed by atoms with E-state index in [4.69, 9.17) is 4.98 Å². The minimum Gasteiger partial charge on any atom is -0.347 e. The molecule has 6 heteroatoms. The van der Waals surface area contributed by atoms with E-state index in [0.717, 1.165) is 48.2 Å². The normalized spacial score (nSPS) is 14.2. The maximum Gasteiger partial charge on any atom is 0.226 e. The molecular formula is C26H31N5O. The van der Waals surface area contributed by atoms with E-state index >= 15 is 0 Å². The first-order chi connectivity index (χ1) is 15.6. The van der Waals surface area contributed by atoms with Crippen molar-refractivity contribution in [3.05, 3.63) is 72.2 Å². The Morgan fingerprint density at radius 2 is 1.69 bits per heavy atom. The first-order valence-electron chi connectivity index (χ1n) is 11.4. The molecule has 32 heavy (non-hydrogen) atoms. The molecule has 1 aromatic carbocycles. The number of rotatable bonds is 7. The highest BCUT2D eigenvalue weighted by Gasteiger charge is 2.27. The molecule has 0 N–H and O–H groups in total. The summed E-state index contributed by atoms with van der Waals surface area (Å²) in [6.07, 6.45) is 9.04. The van der Waals surface area contributed by atoms with Crippen molar-refractivity contribution in [2.75, 3.05) is 19.0 Å². The highest BCUT2D eigenvalue weighted by molar-refractivity contribution is 5.79. The quantitative estimate of drug-likeness (QED) is 0.544. The van der Waals surface area contributed by atoms with Gasteiger partial charge in [0.25, 0.3) is 0 Å². The first-order valence-corrected chi connectivity index (χ1v) is 11.4. The molecule has 0 atom stereocenters. The van der Waals surface area contributed by atoms with Crippen LogP contribution in [0.15, 0.2) is 60.9 Å². The molecule has 1 fully saturated rings. The van der Waals surface area contributed by atoms with E-state index in [1.807, 2.05) is 66.5 Å². The molecule has 6 nitrogen and oxygen atoms in total. The molecule has 4 rings (SSSR count). The smallest absolute Gasteiger partial charge is 0.226 e. The van der Waals surface area contributed by atoms with Crippen LogP contribution in [0.1, 0.15) is 43.4 Å². The lowest BCUT2D eigenvalue weighted by atomic mass is 9.88. The van der Waals surface area contributed by atoms with Gasteiger partial charge in [0, 0.05) is 44.5 Å². The number of amides is 1. The minimum absolute atomic E-state index is 0.0981. The van der Waals surface area contributed by atoms with Gasteiger partial charge in [-0.05, 0) is 30.5 Å². The number of hydrogen-bond acceptors (Lipinski definition) is 5. The number of carbonyl (C=O) groups excluding carboxylic acids is 1. The molecule has 2 aromatic heterocycles. The topological polar surface area (TPSA) is 62.2 Å². The van der Waals surface area contributed by atoms with Crippen molar-refractivity contribution < 1.29 is 4.79 Å². The molecule has 1 amide bonds. The second-order valence-electron chi connectivity index (χ2n) is 8.65. The van der Waals surface area contributed by atoms with E-state index in [1.54, 1.807) is 6.20 Å². The summed E-state index contributed by atoms with van der Waals surface area (Å²) in [6.45, 7) is 0.999. The van der Waals surface area contributed by atoms with Gasteiger partial charge in [0.1, 0.15) is 0 Å². The van der Waals surface area contributed by atoms with Crippen LogP contribution in [0.4, 0.5) is 5.95 Å². The summed E-state index contributed by atoms with van der Waals surface area (Å²) in [5.41, 5.74) is 3.63. The second kappa shape index (κ2) is 10.4. The molecule has 2 heterocycles. The lowest BCUT2D eigenvalue weighted by molar-refractivity contribution is -0.137. The maximum absolute atomic E-state index is 13.6. The first kappa shape index (κ1) is 21.9. The molecule has 0 radical (unpaired) electrons. The van der Waals surface area contributed by atoms with Crippen molar-refractivity contribution in [3.8, 4) is 11.3 Å². The van der Waals surface area contributed by atoms with Gasteiger partial charge in [0.2, 0.25) is 11.9 Å². The van der Waals surface area contributed by atoms with Gasteiger partial charge in [0.15, 0.2) is 0 Å². The van der Waals surface area contributed by atoms with Gasteiger partial charge in [0.05, 0.1) is 17.9 Å². The van der Waals surface area contributed by atoms with Gasteiger partial charge in [-0.1, -0.05) is 55.7 Å². The number of pyridine rings is 1. The Kier molecular flexibility index (Phi) is 7.10. The summed E-state index contributed by atoms with van der Waals surface area (Å²) < 4.78 is 0. The fourth-order valence-corrected chi connectivity index (χ4v) is 4.28. The lowest BCUT2D eigenvalue weighted by Crippen LogP contribution is -2.36. The SMILES string of the molecule is CN(C)c1ncc(-c2ccccn2)c(CN(Cc2ccccc2)C(=O)C2CCCCC2)n1. The van der Waals surface area contributed by atoms with Crippen molar-refractivity contribution in [2.45, 2.75) is 45.2 Å². The summed E-state index contributed by atoms with van der Waals surface area (Å²) in [4.78, 5) is 31.4. The van der Waals surface area contributed by atoms with Gasteiger partial charge in [-0.3, -0.25) is 9.78 Å². The van der Waals surface area contributed by atoms with Crippen LogP contribution >= 0.6 is 0 Å². The standard InChI is InChI=1S/C26H31N5O/c1-30(2)26-28-17-22(23-15-9-10-16-27-23)24(29-26)19-31(18-20-11-5-3-6-12-20)25(32)21-13-7-4-8-14-21/h3,5-6,9-12,15-17,21H,4,7-8,13-14,18-19H2,1-2H3. The number of nitrogens with zero attached hydrogens (tertiary/aromatic N) is 5. The number of anilines is 1. The second-order valence-corrected chi connectivity index (χ2v) is 8.65. The third-order valence-corrected chi connectivity index (χ3v) is 6.02. The van der Waals surface area contributed by atoms with E-state index < -0.39 is 0 Å². The van der Waals surface area contributed by atoms with E-state index in [1.165, 1.54) is 6.42 Å². The van der Waals surface area contributed by atoms with E-state index in [0.29, 0.717) is 19.0 Å². The highest BCUT2D eigenvalue weighted by Crippen LogP contribution is 2.28. The summed E-state index contributed by atoms with van der Waals surface area (Å²) in [6, 6.07) is 16.0. The number of aromatic nitrogens is 3. The molecular weight excluding hydrogens is 398 g/mol. The van der Waals surface area contributed by atoms with Crippen molar-refractivity contribution in [2.24, 2.45) is 5.92 Å². The number of hydrogen-bond donors (Lipinski definition) is 0. The molecule has 3 aromatic rings. The van der Waals surface area contributed by atoms with Gasteiger partial charge < -0.3 is 9.80 Å². The van der Waals surface area contributed by atoms with E-state index in [9.17, 15) is 4.79 Å². The van der Waals surface area contributed by atoms with Crippen molar-refractivity contribution >= 4 is 11.9 Å². The zero-order valence-corrected chi connectivity index (χ0v) is 18.9. The van der Waals surface area contributed by atoms with Gasteiger partial charge in [-0.25, -0.2) is 9.97 Å². The van der Waals surface area contributed by atoms with Crippen LogP contribution < -0.4 is 4.90 Å². The van der Waals surface area contributed by atoms with Crippen molar-refractivity contribution in [1.29, 1.82) is 0 Å². The van der Waals surface area contributed by atoms with Crippen LogP contribution in [0.25, 0.3) is 11.3 Å². The molecule has 0 spiro atoms.